The molecule has 0 unspecified atom stereocenters. The summed E-state index contributed by atoms with van der Waals surface area (Å²) >= 11 is 0. The number of hydrogen-bond acceptors (Lipinski definition) is 6. The predicted molar refractivity (Wildman–Crippen MR) is 76.3 cm³/mol. The van der Waals surface area contributed by atoms with Crippen molar-refractivity contribution in [3.8, 4) is 0 Å². The first-order valence-electron chi connectivity index (χ1n) is 6.08. The Hall–Kier alpha value is -2.20. The van der Waals surface area contributed by atoms with E-state index in [1.165, 1.54) is 6.07 Å². The molecule has 0 aliphatic rings. The van der Waals surface area contributed by atoms with Crippen LogP contribution in [0.15, 0.2) is 23.1 Å². The lowest BCUT2D eigenvalue weighted by molar-refractivity contribution is -0.387. The Morgan fingerprint density at radius 2 is 2.10 bits per heavy atom. The lowest BCUT2D eigenvalue weighted by atomic mass is 10.3. The highest BCUT2D eigenvalue weighted by Crippen LogP contribution is 2.27. The average Bonchev–Trinajstić information content (AvgIpc) is 2.38. The van der Waals surface area contributed by atoms with Gasteiger partial charge in [-0.3, -0.25) is 14.9 Å². The fraction of sp³-hybridized carbons (Fsp3) is 0.364. The summed E-state index contributed by atoms with van der Waals surface area (Å²) in [4.78, 5) is 20.4. The molecule has 21 heavy (non-hydrogen) atoms. The molecule has 0 aliphatic heterocycles. The quantitative estimate of drug-likeness (QED) is 0.461. The molecule has 0 atom stereocenters. The van der Waals surface area contributed by atoms with Crippen molar-refractivity contribution in [2.24, 2.45) is 5.73 Å². The fourth-order valence-electron chi connectivity index (χ4n) is 1.59. The molecule has 4 N–H and O–H groups in total. The Balaban J connectivity index is 3.10. The van der Waals surface area contributed by atoms with Gasteiger partial charge in [-0.2, -0.15) is 0 Å². The lowest BCUT2D eigenvalue weighted by Gasteiger charge is -2.08. The summed E-state index contributed by atoms with van der Waals surface area (Å²) in [6, 6.07) is 3.72. The van der Waals surface area contributed by atoms with Crippen LogP contribution in [0.4, 0.5) is 11.4 Å². The van der Waals surface area contributed by atoms with Gasteiger partial charge in [0.2, 0.25) is 15.9 Å². The Labute approximate surface area is 121 Å². The Morgan fingerprint density at radius 3 is 2.62 bits per heavy atom. The summed E-state index contributed by atoms with van der Waals surface area (Å²) in [6.07, 6.45) is -0.192. The third-order valence-corrected chi connectivity index (χ3v) is 4.00. The highest BCUT2D eigenvalue weighted by atomic mass is 32.2. The number of nitro groups is 1. The molecule has 0 heterocycles. The molecule has 1 aromatic rings. The molecule has 0 radical (unpaired) electrons. The number of nitrogens with two attached hydrogens (primary N) is 1. The minimum atomic E-state index is -4.09. The van der Waals surface area contributed by atoms with E-state index in [4.69, 9.17) is 5.73 Å². The van der Waals surface area contributed by atoms with Crippen molar-refractivity contribution in [1.82, 2.24) is 4.72 Å². The Kier molecular flexibility index (Phi) is 5.61. The highest BCUT2D eigenvalue weighted by molar-refractivity contribution is 7.89. The van der Waals surface area contributed by atoms with Crippen molar-refractivity contribution in [2.45, 2.75) is 18.2 Å². The minimum Gasteiger partial charge on any atom is -0.385 e. The van der Waals surface area contributed by atoms with Crippen LogP contribution in [0.1, 0.15) is 13.3 Å². The van der Waals surface area contributed by atoms with Gasteiger partial charge in [-0.1, -0.05) is 0 Å². The van der Waals surface area contributed by atoms with Crippen LogP contribution >= 0.6 is 0 Å². The first kappa shape index (κ1) is 16.9. The molecular weight excluding hydrogens is 300 g/mol. The van der Waals surface area contributed by atoms with Crippen molar-refractivity contribution in [1.29, 1.82) is 0 Å². The van der Waals surface area contributed by atoms with Gasteiger partial charge in [-0.25, -0.2) is 13.1 Å². The van der Waals surface area contributed by atoms with Crippen molar-refractivity contribution < 1.29 is 18.1 Å². The molecule has 1 rings (SSSR count). The molecule has 1 aromatic carbocycles. The number of amides is 1. The summed E-state index contributed by atoms with van der Waals surface area (Å²) in [5.41, 5.74) is 4.80. The van der Waals surface area contributed by atoms with Crippen LogP contribution in [0.25, 0.3) is 0 Å². The summed E-state index contributed by atoms with van der Waals surface area (Å²) in [5, 5.41) is 13.9. The van der Waals surface area contributed by atoms with Crippen LogP contribution in [-0.4, -0.2) is 32.3 Å². The Bertz CT molecular complexity index is 644. The zero-order valence-electron chi connectivity index (χ0n) is 11.3. The van der Waals surface area contributed by atoms with E-state index >= 15 is 0 Å². The van der Waals surface area contributed by atoms with Gasteiger partial charge >= 0.3 is 0 Å². The summed E-state index contributed by atoms with van der Waals surface area (Å²) in [5.74, 6) is -0.672. The molecule has 1 amide bonds. The molecule has 0 bridgehead atoms. The van der Waals surface area contributed by atoms with Gasteiger partial charge < -0.3 is 11.1 Å². The van der Waals surface area contributed by atoms with Crippen LogP contribution in [0, 0.1) is 10.1 Å². The Morgan fingerprint density at radius 1 is 1.43 bits per heavy atom. The van der Waals surface area contributed by atoms with Gasteiger partial charge in [0.1, 0.15) is 0 Å². The number of nitrogens with zero attached hydrogens (tertiary/aromatic N) is 1. The maximum absolute atomic E-state index is 12.0. The first-order valence-corrected chi connectivity index (χ1v) is 7.56. The number of carbonyl (C=O) groups is 1. The number of anilines is 1. The first-order chi connectivity index (χ1) is 9.77. The molecular formula is C11H16N4O5S. The van der Waals surface area contributed by atoms with Gasteiger partial charge in [0.15, 0.2) is 4.90 Å². The third kappa shape index (κ3) is 4.68. The van der Waals surface area contributed by atoms with Gasteiger partial charge in [-0.15, -0.1) is 0 Å². The van der Waals surface area contributed by atoms with Crippen molar-refractivity contribution >= 4 is 27.3 Å². The van der Waals surface area contributed by atoms with Gasteiger partial charge in [-0.05, 0) is 19.1 Å². The maximum Gasteiger partial charge on any atom is 0.291 e. The van der Waals surface area contributed by atoms with Crippen LogP contribution in [-0.2, 0) is 14.8 Å². The van der Waals surface area contributed by atoms with Gasteiger partial charge in [0.25, 0.3) is 5.69 Å². The van der Waals surface area contributed by atoms with Gasteiger partial charge in [0.05, 0.1) is 4.92 Å². The molecule has 0 saturated heterocycles. The summed E-state index contributed by atoms with van der Waals surface area (Å²) in [6.45, 7) is 2.13. The predicted octanol–water partition coefficient (Wildman–Crippen LogP) is 0.180. The molecule has 0 fully saturated rings. The standard InChI is InChI=1S/C11H16N4O5S/c1-2-13-8-3-4-10(9(7-8)15(17)18)21(19,20)14-6-5-11(12)16/h3-4,7,13-14H,2,5-6H2,1H3,(H2,12,16). The monoisotopic (exact) mass is 316 g/mol. The highest BCUT2D eigenvalue weighted by Gasteiger charge is 2.25. The smallest absolute Gasteiger partial charge is 0.291 e. The number of carbonyl (C=O) groups excluding carboxylic acids is 1. The van der Waals surface area contributed by atoms with Crippen LogP contribution < -0.4 is 15.8 Å². The summed E-state index contributed by atoms with van der Waals surface area (Å²) < 4.78 is 26.1. The molecule has 0 spiro atoms. The van der Waals surface area contributed by atoms with Crippen molar-refractivity contribution in [3.63, 3.8) is 0 Å². The van der Waals surface area contributed by atoms with Crippen molar-refractivity contribution in [2.75, 3.05) is 18.4 Å². The number of hydrogen-bond donors (Lipinski definition) is 3. The lowest BCUT2D eigenvalue weighted by Crippen LogP contribution is -2.28. The second kappa shape index (κ2) is 6.99. The number of primary amides is 1. The number of nitrogens with one attached hydrogen (secondary N) is 2. The molecule has 9 nitrogen and oxygen atoms in total. The zero-order valence-corrected chi connectivity index (χ0v) is 12.1. The topological polar surface area (TPSA) is 144 Å². The van der Waals surface area contributed by atoms with E-state index in [0.717, 1.165) is 12.1 Å². The minimum absolute atomic E-state index is 0.192. The molecule has 0 aliphatic carbocycles. The third-order valence-electron chi connectivity index (χ3n) is 2.49. The number of rotatable bonds is 8. The number of benzene rings is 1. The molecule has 10 heteroatoms. The number of sulfonamides is 1. The number of nitro benzene ring substituents is 1. The van der Waals surface area contributed by atoms with E-state index in [0.29, 0.717) is 12.2 Å². The second-order valence-electron chi connectivity index (χ2n) is 4.08. The van der Waals surface area contributed by atoms with E-state index in [2.05, 4.69) is 10.0 Å². The van der Waals surface area contributed by atoms with Crippen LogP contribution in [0.3, 0.4) is 0 Å². The van der Waals surface area contributed by atoms with Crippen LogP contribution in [0.2, 0.25) is 0 Å². The molecule has 0 saturated carbocycles. The molecule has 116 valence electrons. The second-order valence-corrected chi connectivity index (χ2v) is 5.82. The van der Waals surface area contributed by atoms with Gasteiger partial charge in [0, 0.05) is 31.3 Å². The zero-order chi connectivity index (χ0) is 16.0. The normalized spacial score (nSPS) is 11.1. The SMILES string of the molecule is CCNc1ccc(S(=O)(=O)NCCC(N)=O)c([N+](=O)[O-])c1. The van der Waals surface area contributed by atoms with E-state index in [1.54, 1.807) is 0 Å². The molecule has 0 aromatic heterocycles. The van der Waals surface area contributed by atoms with E-state index in [9.17, 15) is 23.3 Å². The average molecular weight is 316 g/mol. The van der Waals surface area contributed by atoms with Crippen LogP contribution in [0.5, 0.6) is 0 Å². The van der Waals surface area contributed by atoms with Crippen molar-refractivity contribution in [3.05, 3.63) is 28.3 Å². The summed E-state index contributed by atoms with van der Waals surface area (Å²) in [7, 11) is -4.09. The largest absolute Gasteiger partial charge is 0.385 e. The van der Waals surface area contributed by atoms with E-state index < -0.39 is 31.4 Å². The fourth-order valence-corrected chi connectivity index (χ4v) is 2.77. The van der Waals surface area contributed by atoms with E-state index in [1.807, 2.05) is 6.92 Å². The maximum atomic E-state index is 12.0. The van der Waals surface area contributed by atoms with E-state index in [-0.39, 0.29) is 13.0 Å².